The summed E-state index contributed by atoms with van der Waals surface area (Å²) in [7, 11) is 0. The SMILES string of the molecule is CC(C)C(N=Cc1ccc(Cl)cc1)C(=O)[O-]. The van der Waals surface area contributed by atoms with Gasteiger partial charge in [0.1, 0.15) is 0 Å². The predicted molar refractivity (Wildman–Crippen MR) is 62.7 cm³/mol. The molecule has 4 heteroatoms. The summed E-state index contributed by atoms with van der Waals surface area (Å²) >= 11 is 5.73. The summed E-state index contributed by atoms with van der Waals surface area (Å²) < 4.78 is 0. The maximum atomic E-state index is 10.8. The lowest BCUT2D eigenvalue weighted by Crippen LogP contribution is -2.37. The van der Waals surface area contributed by atoms with E-state index in [2.05, 4.69) is 4.99 Å². The summed E-state index contributed by atoms with van der Waals surface area (Å²) in [6.45, 7) is 3.58. The van der Waals surface area contributed by atoms with Crippen molar-refractivity contribution in [2.24, 2.45) is 10.9 Å². The van der Waals surface area contributed by atoms with E-state index in [1.165, 1.54) is 6.21 Å². The summed E-state index contributed by atoms with van der Waals surface area (Å²) in [5, 5.41) is 11.4. The van der Waals surface area contributed by atoms with Gasteiger partial charge in [-0.15, -0.1) is 0 Å². The Bertz CT molecular complexity index is 385. The Morgan fingerprint density at radius 1 is 1.38 bits per heavy atom. The highest BCUT2D eigenvalue weighted by Gasteiger charge is 2.11. The largest absolute Gasteiger partial charge is 0.548 e. The number of rotatable bonds is 4. The van der Waals surface area contributed by atoms with Crippen LogP contribution in [0.15, 0.2) is 29.3 Å². The first-order valence-corrected chi connectivity index (χ1v) is 5.38. The van der Waals surface area contributed by atoms with Gasteiger partial charge in [-0.2, -0.15) is 0 Å². The third kappa shape index (κ3) is 3.66. The molecule has 0 aliphatic carbocycles. The zero-order valence-electron chi connectivity index (χ0n) is 9.18. The standard InChI is InChI=1S/C12H14ClNO2/c1-8(2)11(12(15)16)14-7-9-3-5-10(13)6-4-9/h3-8,11H,1-2H3,(H,15,16)/p-1. The first kappa shape index (κ1) is 12.7. The number of hydrogen-bond acceptors (Lipinski definition) is 3. The number of nitrogens with zero attached hydrogens (tertiary/aromatic N) is 1. The molecule has 0 amide bonds. The van der Waals surface area contributed by atoms with Gasteiger partial charge >= 0.3 is 0 Å². The molecule has 0 N–H and O–H groups in total. The van der Waals surface area contributed by atoms with Crippen molar-refractivity contribution in [1.82, 2.24) is 0 Å². The first-order valence-electron chi connectivity index (χ1n) is 5.00. The van der Waals surface area contributed by atoms with E-state index in [1.54, 1.807) is 38.1 Å². The molecular formula is C12H13ClNO2-. The van der Waals surface area contributed by atoms with Crippen molar-refractivity contribution >= 4 is 23.8 Å². The van der Waals surface area contributed by atoms with E-state index >= 15 is 0 Å². The van der Waals surface area contributed by atoms with E-state index in [9.17, 15) is 9.90 Å². The van der Waals surface area contributed by atoms with Crippen LogP contribution in [0.2, 0.25) is 5.02 Å². The zero-order valence-corrected chi connectivity index (χ0v) is 9.94. The maximum Gasteiger partial charge on any atom is 0.0915 e. The topological polar surface area (TPSA) is 52.5 Å². The van der Waals surface area contributed by atoms with E-state index in [4.69, 9.17) is 11.6 Å². The van der Waals surface area contributed by atoms with Crippen LogP contribution in [-0.2, 0) is 4.79 Å². The van der Waals surface area contributed by atoms with Crippen LogP contribution in [0.4, 0.5) is 0 Å². The molecule has 1 aromatic rings. The van der Waals surface area contributed by atoms with Gasteiger partial charge in [-0.3, -0.25) is 4.99 Å². The Labute approximate surface area is 99.8 Å². The molecule has 0 saturated heterocycles. The molecule has 1 aromatic carbocycles. The van der Waals surface area contributed by atoms with Crippen LogP contribution in [0.3, 0.4) is 0 Å². The molecule has 1 atom stereocenters. The van der Waals surface area contributed by atoms with E-state index < -0.39 is 12.0 Å². The summed E-state index contributed by atoms with van der Waals surface area (Å²) in [4.78, 5) is 14.8. The monoisotopic (exact) mass is 238 g/mol. The second-order valence-corrected chi connectivity index (χ2v) is 4.27. The number of hydrogen-bond donors (Lipinski definition) is 0. The van der Waals surface area contributed by atoms with Crippen LogP contribution in [0.25, 0.3) is 0 Å². The van der Waals surface area contributed by atoms with Crippen molar-refractivity contribution in [3.8, 4) is 0 Å². The van der Waals surface area contributed by atoms with Gasteiger partial charge < -0.3 is 9.90 Å². The van der Waals surface area contributed by atoms with Crippen LogP contribution in [-0.4, -0.2) is 18.2 Å². The maximum absolute atomic E-state index is 10.8. The van der Waals surface area contributed by atoms with Crippen LogP contribution in [0, 0.1) is 5.92 Å². The molecule has 3 nitrogen and oxygen atoms in total. The van der Waals surface area contributed by atoms with Crippen molar-refractivity contribution in [3.05, 3.63) is 34.9 Å². The fourth-order valence-electron chi connectivity index (χ4n) is 1.22. The van der Waals surface area contributed by atoms with Gasteiger partial charge in [0.05, 0.1) is 12.0 Å². The molecule has 0 aliphatic rings. The van der Waals surface area contributed by atoms with Gasteiger partial charge in [0, 0.05) is 11.2 Å². The van der Waals surface area contributed by atoms with Crippen molar-refractivity contribution in [3.63, 3.8) is 0 Å². The lowest BCUT2D eigenvalue weighted by molar-refractivity contribution is -0.308. The van der Waals surface area contributed by atoms with Gasteiger partial charge in [-0.25, -0.2) is 0 Å². The molecular weight excluding hydrogens is 226 g/mol. The van der Waals surface area contributed by atoms with E-state index in [1.807, 2.05) is 0 Å². The summed E-state index contributed by atoms with van der Waals surface area (Å²) in [6.07, 6.45) is 1.52. The minimum atomic E-state index is -1.15. The van der Waals surface area contributed by atoms with Crippen molar-refractivity contribution in [2.45, 2.75) is 19.9 Å². The first-order chi connectivity index (χ1) is 7.50. The third-order valence-electron chi connectivity index (χ3n) is 2.13. The Kier molecular flexibility index (Phi) is 4.50. The van der Waals surface area contributed by atoms with E-state index in [0.29, 0.717) is 5.02 Å². The van der Waals surface area contributed by atoms with Crippen molar-refractivity contribution in [1.29, 1.82) is 0 Å². The average Bonchev–Trinajstić information content (AvgIpc) is 2.20. The number of carbonyl (C=O) groups is 1. The second kappa shape index (κ2) is 5.66. The fraction of sp³-hybridized carbons (Fsp3) is 0.333. The van der Waals surface area contributed by atoms with E-state index in [0.717, 1.165) is 5.56 Å². The molecule has 0 saturated carbocycles. The third-order valence-corrected chi connectivity index (χ3v) is 2.38. The van der Waals surface area contributed by atoms with Crippen molar-refractivity contribution < 1.29 is 9.90 Å². The van der Waals surface area contributed by atoms with Crippen LogP contribution >= 0.6 is 11.6 Å². The van der Waals surface area contributed by atoms with Gasteiger partial charge in [0.2, 0.25) is 0 Å². The van der Waals surface area contributed by atoms with Crippen LogP contribution in [0.5, 0.6) is 0 Å². The number of carboxylic acids is 1. The summed E-state index contributed by atoms with van der Waals surface area (Å²) in [6, 6.07) is 6.20. The molecule has 0 aromatic heterocycles. The quantitative estimate of drug-likeness (QED) is 0.747. The Balaban J connectivity index is 2.78. The van der Waals surface area contributed by atoms with Crippen LogP contribution in [0.1, 0.15) is 19.4 Å². The lowest BCUT2D eigenvalue weighted by atomic mass is 10.1. The highest BCUT2D eigenvalue weighted by atomic mass is 35.5. The summed E-state index contributed by atoms with van der Waals surface area (Å²) in [5.41, 5.74) is 0.816. The molecule has 0 bridgehead atoms. The highest BCUT2D eigenvalue weighted by Crippen LogP contribution is 2.09. The van der Waals surface area contributed by atoms with Crippen LogP contribution < -0.4 is 5.11 Å². The molecule has 1 rings (SSSR count). The summed E-state index contributed by atoms with van der Waals surface area (Å²) in [5.74, 6) is -1.24. The second-order valence-electron chi connectivity index (χ2n) is 3.84. The number of carboxylic acid groups (broad SMARTS) is 1. The number of benzene rings is 1. The molecule has 0 fully saturated rings. The number of aliphatic imine (C=N–C) groups is 1. The minimum Gasteiger partial charge on any atom is -0.548 e. The Morgan fingerprint density at radius 2 is 1.94 bits per heavy atom. The van der Waals surface area contributed by atoms with Gasteiger partial charge in [-0.05, 0) is 23.6 Å². The molecule has 86 valence electrons. The highest BCUT2D eigenvalue weighted by molar-refractivity contribution is 6.30. The molecule has 16 heavy (non-hydrogen) atoms. The molecule has 0 radical (unpaired) electrons. The van der Waals surface area contributed by atoms with Crippen molar-refractivity contribution in [2.75, 3.05) is 0 Å². The molecule has 0 aliphatic heterocycles. The van der Waals surface area contributed by atoms with Gasteiger partial charge in [0.25, 0.3) is 0 Å². The molecule has 0 spiro atoms. The number of carbonyl (C=O) groups excluding carboxylic acids is 1. The Morgan fingerprint density at radius 3 is 2.38 bits per heavy atom. The van der Waals surface area contributed by atoms with Gasteiger partial charge in [0.15, 0.2) is 0 Å². The lowest BCUT2D eigenvalue weighted by Gasteiger charge is -2.16. The zero-order chi connectivity index (χ0) is 12.1. The average molecular weight is 239 g/mol. The molecule has 1 unspecified atom stereocenters. The minimum absolute atomic E-state index is 0.0893. The Hall–Kier alpha value is -1.35. The predicted octanol–water partition coefficient (Wildman–Crippen LogP) is 1.53. The molecule has 0 heterocycles. The number of halogens is 1. The smallest absolute Gasteiger partial charge is 0.0915 e. The van der Waals surface area contributed by atoms with E-state index in [-0.39, 0.29) is 5.92 Å². The fourth-order valence-corrected chi connectivity index (χ4v) is 1.35. The van der Waals surface area contributed by atoms with Gasteiger partial charge in [-0.1, -0.05) is 37.6 Å². The number of aliphatic carboxylic acids is 1. The normalized spacial score (nSPS) is 13.2.